The highest BCUT2D eigenvalue weighted by atomic mass is 35.5. The van der Waals surface area contributed by atoms with Gasteiger partial charge in [0, 0.05) is 5.56 Å². The average Bonchev–Trinajstić information content (AvgIpc) is 2.61. The van der Waals surface area contributed by atoms with Crippen LogP contribution >= 0.6 is 23.2 Å². The summed E-state index contributed by atoms with van der Waals surface area (Å²) in [6.07, 6.45) is 2.09. The topological polar surface area (TPSA) is 54.0 Å². The summed E-state index contributed by atoms with van der Waals surface area (Å²) in [5.41, 5.74) is 1.49. The van der Waals surface area contributed by atoms with Gasteiger partial charge in [0.05, 0.1) is 6.20 Å². The third-order valence-electron chi connectivity index (χ3n) is 2.11. The van der Waals surface area contributed by atoms with Crippen LogP contribution in [0.15, 0.2) is 6.20 Å². The van der Waals surface area contributed by atoms with Crippen LogP contribution in [0.5, 0.6) is 0 Å². The van der Waals surface area contributed by atoms with Crippen LogP contribution in [-0.4, -0.2) is 14.6 Å². The standard InChI is InChI=1S/C9H6Cl2N4/c1-2-6-7(10)14-9-5(3-12)4-13-15(9)8(6)11/h4H,2H2,1H3. The summed E-state index contributed by atoms with van der Waals surface area (Å²) >= 11 is 12.0. The van der Waals surface area contributed by atoms with Crippen LogP contribution in [0.3, 0.4) is 0 Å². The fourth-order valence-electron chi connectivity index (χ4n) is 1.34. The lowest BCUT2D eigenvalue weighted by molar-refractivity contribution is 0.912. The van der Waals surface area contributed by atoms with Gasteiger partial charge in [-0.3, -0.25) is 0 Å². The van der Waals surface area contributed by atoms with Crippen molar-refractivity contribution < 1.29 is 0 Å². The Morgan fingerprint density at radius 3 is 2.87 bits per heavy atom. The third kappa shape index (κ3) is 1.44. The molecule has 6 heteroatoms. The van der Waals surface area contributed by atoms with Crippen molar-refractivity contribution >= 4 is 28.8 Å². The minimum atomic E-state index is 0.326. The molecule has 2 heterocycles. The number of halogens is 2. The summed E-state index contributed by atoms with van der Waals surface area (Å²) in [5.74, 6) is 0. The van der Waals surface area contributed by atoms with Crippen LogP contribution in [0.4, 0.5) is 0 Å². The van der Waals surface area contributed by atoms with E-state index < -0.39 is 0 Å². The van der Waals surface area contributed by atoms with Gasteiger partial charge in [0.15, 0.2) is 5.65 Å². The van der Waals surface area contributed by atoms with E-state index in [9.17, 15) is 0 Å². The molecule has 0 radical (unpaired) electrons. The summed E-state index contributed by atoms with van der Waals surface area (Å²) < 4.78 is 1.42. The monoisotopic (exact) mass is 240 g/mol. The second-order valence-corrected chi connectivity index (χ2v) is 3.65. The van der Waals surface area contributed by atoms with Crippen molar-refractivity contribution in [2.24, 2.45) is 0 Å². The Kier molecular flexibility index (Phi) is 2.51. The molecule has 15 heavy (non-hydrogen) atoms. The molecular formula is C9H6Cl2N4. The number of hydrogen-bond donors (Lipinski definition) is 0. The molecule has 0 aliphatic carbocycles. The first-order valence-corrected chi connectivity index (χ1v) is 5.06. The maximum Gasteiger partial charge on any atom is 0.176 e. The van der Waals surface area contributed by atoms with E-state index in [0.717, 1.165) is 5.56 Å². The Morgan fingerprint density at radius 2 is 2.27 bits per heavy atom. The van der Waals surface area contributed by atoms with Crippen LogP contribution in [0.1, 0.15) is 18.1 Å². The number of aromatic nitrogens is 3. The summed E-state index contributed by atoms with van der Waals surface area (Å²) in [6.45, 7) is 1.93. The number of nitriles is 1. The van der Waals surface area contributed by atoms with Crippen LogP contribution in [0.2, 0.25) is 10.3 Å². The Bertz CT molecular complexity index is 567. The molecule has 0 spiro atoms. The third-order valence-corrected chi connectivity index (χ3v) is 2.81. The molecule has 0 atom stereocenters. The van der Waals surface area contributed by atoms with Gasteiger partial charge in [-0.25, -0.2) is 9.50 Å². The van der Waals surface area contributed by atoms with Crippen molar-refractivity contribution in [1.29, 1.82) is 5.26 Å². The van der Waals surface area contributed by atoms with Crippen molar-refractivity contribution in [1.82, 2.24) is 14.6 Å². The fourth-order valence-corrected chi connectivity index (χ4v) is 2.04. The Balaban J connectivity index is 2.88. The van der Waals surface area contributed by atoms with E-state index in [2.05, 4.69) is 10.1 Å². The van der Waals surface area contributed by atoms with Gasteiger partial charge in [-0.15, -0.1) is 0 Å². The van der Waals surface area contributed by atoms with E-state index in [0.29, 0.717) is 27.9 Å². The second kappa shape index (κ2) is 3.69. The lowest BCUT2D eigenvalue weighted by Crippen LogP contribution is -1.99. The molecule has 2 aromatic rings. The van der Waals surface area contributed by atoms with E-state index in [1.165, 1.54) is 10.7 Å². The molecule has 0 bridgehead atoms. The molecule has 0 N–H and O–H groups in total. The first-order chi connectivity index (χ1) is 7.19. The van der Waals surface area contributed by atoms with E-state index in [1.54, 1.807) is 0 Å². The van der Waals surface area contributed by atoms with Crippen molar-refractivity contribution in [3.8, 4) is 6.07 Å². The van der Waals surface area contributed by atoms with E-state index in [-0.39, 0.29) is 0 Å². The van der Waals surface area contributed by atoms with Gasteiger partial charge >= 0.3 is 0 Å². The van der Waals surface area contributed by atoms with Crippen LogP contribution < -0.4 is 0 Å². The Morgan fingerprint density at radius 1 is 1.53 bits per heavy atom. The number of hydrogen-bond acceptors (Lipinski definition) is 3. The van der Waals surface area contributed by atoms with Gasteiger partial charge in [0.25, 0.3) is 0 Å². The Labute approximate surface area is 96.1 Å². The zero-order valence-electron chi connectivity index (χ0n) is 7.83. The van der Waals surface area contributed by atoms with Gasteiger partial charge in [-0.1, -0.05) is 30.1 Å². The Hall–Kier alpha value is -1.31. The molecule has 0 unspecified atom stereocenters. The molecule has 0 aliphatic rings. The molecule has 0 fully saturated rings. The number of nitrogens with zero attached hydrogens (tertiary/aromatic N) is 4. The molecule has 0 aromatic carbocycles. The maximum atomic E-state index is 8.80. The van der Waals surface area contributed by atoms with Gasteiger partial charge in [0.2, 0.25) is 0 Å². The lowest BCUT2D eigenvalue weighted by Gasteiger charge is -2.04. The highest BCUT2D eigenvalue weighted by molar-refractivity contribution is 6.34. The normalized spacial score (nSPS) is 10.5. The molecule has 76 valence electrons. The van der Waals surface area contributed by atoms with E-state index >= 15 is 0 Å². The van der Waals surface area contributed by atoms with Crippen molar-refractivity contribution in [3.05, 3.63) is 27.6 Å². The zero-order chi connectivity index (χ0) is 11.0. The minimum Gasteiger partial charge on any atom is -0.215 e. The molecule has 4 nitrogen and oxygen atoms in total. The predicted molar refractivity (Wildman–Crippen MR) is 57.1 cm³/mol. The summed E-state index contributed by atoms with van der Waals surface area (Å²) in [4.78, 5) is 4.10. The van der Waals surface area contributed by atoms with E-state index in [4.69, 9.17) is 28.5 Å². The van der Waals surface area contributed by atoms with Gasteiger partial charge in [-0.05, 0) is 6.42 Å². The quantitative estimate of drug-likeness (QED) is 0.720. The molecule has 0 aliphatic heterocycles. The molecule has 2 rings (SSSR count). The summed E-state index contributed by atoms with van der Waals surface area (Å²) in [6, 6.07) is 1.98. The fraction of sp³-hybridized carbons (Fsp3) is 0.222. The van der Waals surface area contributed by atoms with Gasteiger partial charge < -0.3 is 0 Å². The lowest BCUT2D eigenvalue weighted by atomic mass is 10.2. The number of rotatable bonds is 1. The smallest absolute Gasteiger partial charge is 0.176 e. The molecule has 0 saturated carbocycles. The van der Waals surface area contributed by atoms with Crippen molar-refractivity contribution in [2.45, 2.75) is 13.3 Å². The van der Waals surface area contributed by atoms with Crippen molar-refractivity contribution in [3.63, 3.8) is 0 Å². The van der Waals surface area contributed by atoms with Crippen LogP contribution in [0.25, 0.3) is 5.65 Å². The maximum absolute atomic E-state index is 8.80. The predicted octanol–water partition coefficient (Wildman–Crippen LogP) is 2.47. The minimum absolute atomic E-state index is 0.326. The highest BCUT2D eigenvalue weighted by Crippen LogP contribution is 2.25. The SMILES string of the molecule is CCc1c(Cl)nc2c(C#N)cnn2c1Cl. The summed E-state index contributed by atoms with van der Waals surface area (Å²) in [5, 5.41) is 13.5. The molecule has 2 aromatic heterocycles. The molecule has 0 amide bonds. The van der Waals surface area contributed by atoms with Gasteiger partial charge in [-0.2, -0.15) is 10.4 Å². The second-order valence-electron chi connectivity index (χ2n) is 2.93. The zero-order valence-corrected chi connectivity index (χ0v) is 9.34. The largest absolute Gasteiger partial charge is 0.215 e. The average molecular weight is 241 g/mol. The molecular weight excluding hydrogens is 235 g/mol. The van der Waals surface area contributed by atoms with Gasteiger partial charge in [0.1, 0.15) is 21.9 Å². The summed E-state index contributed by atoms with van der Waals surface area (Å²) in [7, 11) is 0. The number of fused-ring (bicyclic) bond motifs is 1. The van der Waals surface area contributed by atoms with Crippen molar-refractivity contribution in [2.75, 3.05) is 0 Å². The first-order valence-electron chi connectivity index (χ1n) is 4.30. The van der Waals surface area contributed by atoms with Crippen LogP contribution in [0, 0.1) is 11.3 Å². The first kappa shape index (κ1) is 10.2. The molecule has 0 saturated heterocycles. The van der Waals surface area contributed by atoms with E-state index in [1.807, 2.05) is 13.0 Å². The highest BCUT2D eigenvalue weighted by Gasteiger charge is 2.14. The van der Waals surface area contributed by atoms with Crippen LogP contribution in [-0.2, 0) is 6.42 Å².